The number of para-hydroxylation sites is 2. The third-order valence-corrected chi connectivity index (χ3v) is 3.37. The molecule has 0 amide bonds. The Balaban J connectivity index is 2.23. The first-order valence-electron chi connectivity index (χ1n) is 4.39. The molecule has 0 aromatic heterocycles. The molecule has 0 unspecified atom stereocenters. The minimum atomic E-state index is -0.535. The van der Waals surface area contributed by atoms with E-state index in [0.29, 0.717) is 5.33 Å². The third-order valence-electron chi connectivity index (χ3n) is 2.12. The Labute approximate surface area is 99.8 Å². The summed E-state index contributed by atoms with van der Waals surface area (Å²) in [7, 11) is 0. The Morgan fingerprint density at radius 3 is 2.07 bits per heavy atom. The predicted octanol–water partition coefficient (Wildman–Crippen LogP) is 3.33. The number of halogens is 2. The molecule has 14 heavy (non-hydrogen) atoms. The van der Waals surface area contributed by atoms with Crippen molar-refractivity contribution in [2.24, 2.45) is 0 Å². The number of hydrogen-bond acceptors (Lipinski definition) is 2. The molecule has 0 fully saturated rings. The van der Waals surface area contributed by atoms with Gasteiger partial charge in [-0.25, -0.2) is 0 Å². The van der Waals surface area contributed by atoms with Gasteiger partial charge in [-0.1, -0.05) is 44.0 Å². The SMILES string of the molecule is BrCCC1(CBr)Oc2ccccc2O1. The Bertz CT molecular complexity index is 303. The maximum absolute atomic E-state index is 5.79. The van der Waals surface area contributed by atoms with Crippen LogP contribution in [0.3, 0.4) is 0 Å². The second kappa shape index (κ2) is 4.11. The second-order valence-corrected chi connectivity index (χ2v) is 4.49. The lowest BCUT2D eigenvalue weighted by atomic mass is 10.2. The molecule has 0 atom stereocenters. The summed E-state index contributed by atoms with van der Waals surface area (Å²) in [6.45, 7) is 0. The molecular formula is C10H10Br2O2. The Kier molecular flexibility index (Phi) is 3.02. The molecule has 0 spiro atoms. The number of ether oxygens (including phenoxy) is 2. The van der Waals surface area contributed by atoms with Crippen molar-refractivity contribution in [3.05, 3.63) is 24.3 Å². The van der Waals surface area contributed by atoms with Crippen molar-refractivity contribution in [2.45, 2.75) is 12.2 Å². The number of benzene rings is 1. The van der Waals surface area contributed by atoms with Gasteiger partial charge in [-0.05, 0) is 12.1 Å². The number of alkyl halides is 2. The number of rotatable bonds is 3. The number of hydrogen-bond donors (Lipinski definition) is 0. The molecule has 1 heterocycles. The first-order valence-corrected chi connectivity index (χ1v) is 6.63. The quantitative estimate of drug-likeness (QED) is 0.795. The Morgan fingerprint density at radius 2 is 1.64 bits per heavy atom. The Morgan fingerprint density at radius 1 is 1.07 bits per heavy atom. The molecule has 1 aliphatic heterocycles. The third kappa shape index (κ3) is 1.77. The van der Waals surface area contributed by atoms with Gasteiger partial charge in [0, 0.05) is 11.8 Å². The fourth-order valence-corrected chi connectivity index (χ4v) is 2.52. The first kappa shape index (κ1) is 10.3. The summed E-state index contributed by atoms with van der Waals surface area (Å²) in [5.74, 6) is 1.12. The van der Waals surface area contributed by atoms with Gasteiger partial charge in [0.2, 0.25) is 0 Å². The fraction of sp³-hybridized carbons (Fsp3) is 0.400. The van der Waals surface area contributed by atoms with Gasteiger partial charge in [0.15, 0.2) is 11.5 Å². The molecule has 1 aliphatic rings. The zero-order valence-corrected chi connectivity index (χ0v) is 10.7. The van der Waals surface area contributed by atoms with Crippen molar-refractivity contribution < 1.29 is 9.47 Å². The van der Waals surface area contributed by atoms with Crippen LogP contribution in [-0.2, 0) is 0 Å². The lowest BCUT2D eigenvalue weighted by molar-refractivity contribution is -0.0569. The molecule has 0 bridgehead atoms. The van der Waals surface area contributed by atoms with Crippen molar-refractivity contribution in [3.8, 4) is 11.5 Å². The van der Waals surface area contributed by atoms with E-state index in [1.807, 2.05) is 24.3 Å². The zero-order chi connectivity index (χ0) is 10.0. The van der Waals surface area contributed by atoms with Crippen molar-refractivity contribution in [1.82, 2.24) is 0 Å². The van der Waals surface area contributed by atoms with Gasteiger partial charge in [0.05, 0.1) is 5.33 Å². The topological polar surface area (TPSA) is 18.5 Å². The van der Waals surface area contributed by atoms with Crippen LogP contribution < -0.4 is 9.47 Å². The summed E-state index contributed by atoms with van der Waals surface area (Å²) < 4.78 is 11.6. The monoisotopic (exact) mass is 320 g/mol. The summed E-state index contributed by atoms with van der Waals surface area (Å²) in [4.78, 5) is 0. The first-order chi connectivity index (χ1) is 6.79. The van der Waals surface area contributed by atoms with Gasteiger partial charge in [-0.15, -0.1) is 0 Å². The zero-order valence-electron chi connectivity index (χ0n) is 7.50. The van der Waals surface area contributed by atoms with Gasteiger partial charge >= 0.3 is 0 Å². The average Bonchev–Trinajstić information content (AvgIpc) is 2.57. The molecule has 1 aromatic carbocycles. The summed E-state index contributed by atoms with van der Waals surface area (Å²) in [5.41, 5.74) is 0. The minimum absolute atomic E-state index is 0.535. The van der Waals surface area contributed by atoms with Crippen LogP contribution in [0.1, 0.15) is 6.42 Å². The van der Waals surface area contributed by atoms with Crippen LogP contribution >= 0.6 is 31.9 Å². The summed E-state index contributed by atoms with van der Waals surface area (Å²) in [6.07, 6.45) is 0.812. The fourth-order valence-electron chi connectivity index (χ4n) is 1.41. The molecule has 2 rings (SSSR count). The van der Waals surface area contributed by atoms with E-state index in [-0.39, 0.29) is 0 Å². The van der Waals surface area contributed by atoms with Crippen molar-refractivity contribution in [3.63, 3.8) is 0 Å². The van der Waals surface area contributed by atoms with Gasteiger partial charge in [0.25, 0.3) is 5.79 Å². The summed E-state index contributed by atoms with van der Waals surface area (Å²) >= 11 is 6.82. The van der Waals surface area contributed by atoms with E-state index in [9.17, 15) is 0 Å². The molecule has 0 N–H and O–H groups in total. The molecule has 0 aliphatic carbocycles. The van der Waals surface area contributed by atoms with E-state index in [0.717, 1.165) is 23.2 Å². The molecule has 1 aromatic rings. The highest BCUT2D eigenvalue weighted by atomic mass is 79.9. The van der Waals surface area contributed by atoms with E-state index < -0.39 is 5.79 Å². The van der Waals surface area contributed by atoms with E-state index in [1.54, 1.807) is 0 Å². The van der Waals surface area contributed by atoms with Crippen LogP contribution in [0.2, 0.25) is 0 Å². The maximum atomic E-state index is 5.79. The van der Waals surface area contributed by atoms with Crippen LogP contribution in [0.25, 0.3) is 0 Å². The number of fused-ring (bicyclic) bond motifs is 1. The highest BCUT2D eigenvalue weighted by Gasteiger charge is 2.39. The Hall–Kier alpha value is -0.220. The highest BCUT2D eigenvalue weighted by molar-refractivity contribution is 9.09. The molecule has 0 radical (unpaired) electrons. The standard InChI is InChI=1S/C10H10Br2O2/c11-6-5-10(7-12)13-8-3-1-2-4-9(8)14-10/h1-4H,5-7H2. The largest absolute Gasteiger partial charge is 0.447 e. The predicted molar refractivity (Wildman–Crippen MR) is 62.6 cm³/mol. The van der Waals surface area contributed by atoms with Crippen molar-refractivity contribution in [2.75, 3.05) is 10.7 Å². The molecule has 0 saturated heterocycles. The van der Waals surface area contributed by atoms with E-state index in [4.69, 9.17) is 9.47 Å². The molecule has 4 heteroatoms. The average molecular weight is 322 g/mol. The van der Waals surface area contributed by atoms with E-state index >= 15 is 0 Å². The second-order valence-electron chi connectivity index (χ2n) is 3.13. The van der Waals surface area contributed by atoms with Gasteiger partial charge in [-0.3, -0.25) is 0 Å². The van der Waals surface area contributed by atoms with Crippen LogP contribution in [-0.4, -0.2) is 16.4 Å². The van der Waals surface area contributed by atoms with Gasteiger partial charge < -0.3 is 9.47 Å². The molecule has 0 saturated carbocycles. The van der Waals surface area contributed by atoms with E-state index in [1.165, 1.54) is 0 Å². The lowest BCUT2D eigenvalue weighted by Crippen LogP contribution is -2.40. The van der Waals surface area contributed by atoms with Crippen LogP contribution in [0.5, 0.6) is 11.5 Å². The highest BCUT2D eigenvalue weighted by Crippen LogP contribution is 2.41. The lowest BCUT2D eigenvalue weighted by Gasteiger charge is -2.24. The maximum Gasteiger partial charge on any atom is 0.261 e. The van der Waals surface area contributed by atoms with Crippen molar-refractivity contribution >= 4 is 31.9 Å². The van der Waals surface area contributed by atoms with Crippen LogP contribution in [0, 0.1) is 0 Å². The smallest absolute Gasteiger partial charge is 0.261 e. The minimum Gasteiger partial charge on any atom is -0.447 e. The van der Waals surface area contributed by atoms with Gasteiger partial charge in [-0.2, -0.15) is 0 Å². The summed E-state index contributed by atoms with van der Waals surface area (Å²) in [6, 6.07) is 7.74. The van der Waals surface area contributed by atoms with Crippen LogP contribution in [0.15, 0.2) is 24.3 Å². The molecule has 76 valence electrons. The summed E-state index contributed by atoms with van der Waals surface area (Å²) in [5, 5.41) is 1.52. The van der Waals surface area contributed by atoms with E-state index in [2.05, 4.69) is 31.9 Å². The van der Waals surface area contributed by atoms with Gasteiger partial charge in [0.1, 0.15) is 0 Å². The molecular weight excluding hydrogens is 312 g/mol. The van der Waals surface area contributed by atoms with Crippen LogP contribution in [0.4, 0.5) is 0 Å². The van der Waals surface area contributed by atoms with Crippen molar-refractivity contribution in [1.29, 1.82) is 0 Å². The normalized spacial score (nSPS) is 17.0. The molecule has 2 nitrogen and oxygen atoms in total.